The van der Waals surface area contributed by atoms with Crippen molar-refractivity contribution in [3.63, 3.8) is 0 Å². The Labute approximate surface area is 95.4 Å². The monoisotopic (exact) mass is 300 g/mol. The first-order valence-electron chi connectivity index (χ1n) is 5.06. The maximum atomic E-state index is 11.4. The van der Waals surface area contributed by atoms with Gasteiger partial charge in [-0.15, -0.1) is 0 Å². The van der Waals surface area contributed by atoms with Crippen molar-refractivity contribution in [2.45, 2.75) is 24.2 Å². The van der Waals surface area contributed by atoms with Gasteiger partial charge < -0.3 is 0 Å². The van der Waals surface area contributed by atoms with E-state index in [1.807, 2.05) is 18.2 Å². The average Bonchev–Trinajstić information content (AvgIpc) is 2.25. The predicted octanol–water partition coefficient (Wildman–Crippen LogP) is 2.15. The molecule has 0 heterocycles. The molecule has 0 atom stereocenters. The molecule has 0 N–H and O–H groups in total. The van der Waals surface area contributed by atoms with E-state index in [0.717, 1.165) is 4.44 Å². The summed E-state index contributed by atoms with van der Waals surface area (Å²) < 4.78 is 6.46. The van der Waals surface area contributed by atoms with Crippen molar-refractivity contribution in [3.8, 4) is 0 Å². The minimum absolute atomic E-state index is 0.127. The van der Waals surface area contributed by atoms with Crippen molar-refractivity contribution in [3.05, 3.63) is 35.9 Å². The minimum atomic E-state index is -1.24. The van der Waals surface area contributed by atoms with Crippen LogP contribution in [0.25, 0.3) is 0 Å². The molecule has 0 bridgehead atoms. The zero-order valence-electron chi connectivity index (χ0n) is 8.53. The van der Waals surface area contributed by atoms with Gasteiger partial charge in [0.15, 0.2) is 0 Å². The Morgan fingerprint density at radius 3 is 2.71 bits per heavy atom. The zero-order valence-corrected chi connectivity index (χ0v) is 12.6. The van der Waals surface area contributed by atoms with Crippen LogP contribution in [0.4, 0.5) is 0 Å². The number of carbonyl (C=O) groups is 1. The van der Waals surface area contributed by atoms with E-state index in [0.29, 0.717) is 5.56 Å². The fraction of sp³-hybridized carbons (Fsp3) is 0.364. The molecule has 3 heteroatoms. The molecule has 0 saturated heterocycles. The molecule has 0 fully saturated rings. The van der Waals surface area contributed by atoms with Gasteiger partial charge in [0.25, 0.3) is 0 Å². The summed E-state index contributed by atoms with van der Waals surface area (Å²) in [5, 5.41) is 0. The van der Waals surface area contributed by atoms with Gasteiger partial charge in [-0.25, -0.2) is 0 Å². The van der Waals surface area contributed by atoms with Crippen molar-refractivity contribution >= 4 is 27.5 Å². The van der Waals surface area contributed by atoms with Gasteiger partial charge in [0.2, 0.25) is 0 Å². The van der Waals surface area contributed by atoms with E-state index in [1.165, 1.54) is 12.8 Å². The SMILES string of the molecule is CCC[CH2][SnH2][O]C(=O)c1ccccc1. The standard InChI is InChI=1S/C7H6O2.C4H9.Sn.2H/c8-7(9)6-4-2-1-3-5-6;1-3-4-2;;;/h1-5H,(H,8,9);1,3-4H2,2H3;;;/q;;+1;;/p-1. The van der Waals surface area contributed by atoms with Crippen LogP contribution in [0.5, 0.6) is 0 Å². The Balaban J connectivity index is 2.29. The second kappa shape index (κ2) is 6.87. The molecule has 0 aliphatic rings. The first kappa shape index (κ1) is 11.6. The molecule has 0 unspecified atom stereocenters. The number of rotatable bonds is 5. The number of unbranched alkanes of at least 4 members (excludes halogenated alkanes) is 1. The first-order chi connectivity index (χ1) is 6.84. The van der Waals surface area contributed by atoms with Gasteiger partial charge in [0.1, 0.15) is 0 Å². The van der Waals surface area contributed by atoms with Gasteiger partial charge in [0, 0.05) is 0 Å². The summed E-state index contributed by atoms with van der Waals surface area (Å²) in [4.78, 5) is 11.4. The van der Waals surface area contributed by atoms with Gasteiger partial charge in [-0.05, 0) is 0 Å². The van der Waals surface area contributed by atoms with Crippen LogP contribution in [0.1, 0.15) is 30.1 Å². The van der Waals surface area contributed by atoms with Crippen molar-refractivity contribution < 1.29 is 7.87 Å². The summed E-state index contributed by atoms with van der Waals surface area (Å²) in [5.74, 6) is -0.127. The number of hydrogen-bond donors (Lipinski definition) is 0. The van der Waals surface area contributed by atoms with Crippen LogP contribution in [0, 0.1) is 0 Å². The fourth-order valence-electron chi connectivity index (χ4n) is 1.17. The van der Waals surface area contributed by atoms with Crippen LogP contribution in [0.15, 0.2) is 30.3 Å². The molecule has 1 aromatic carbocycles. The third kappa shape index (κ3) is 4.13. The van der Waals surface area contributed by atoms with Crippen LogP contribution in [-0.4, -0.2) is 27.5 Å². The molecule has 0 radical (unpaired) electrons. The first-order valence-corrected chi connectivity index (χ1v) is 9.57. The number of carbonyl (C=O) groups excluding carboxylic acids is 1. The molecule has 0 saturated carbocycles. The molecule has 0 aromatic heterocycles. The van der Waals surface area contributed by atoms with E-state index < -0.39 is 21.6 Å². The van der Waals surface area contributed by atoms with Crippen LogP contribution >= 0.6 is 0 Å². The van der Waals surface area contributed by atoms with Gasteiger partial charge in [-0.2, -0.15) is 0 Å². The second-order valence-electron chi connectivity index (χ2n) is 3.21. The Morgan fingerprint density at radius 2 is 2.07 bits per heavy atom. The molecule has 0 aliphatic heterocycles. The third-order valence-corrected chi connectivity index (χ3v) is 5.57. The summed E-state index contributed by atoms with van der Waals surface area (Å²) in [6.45, 7) is 2.16. The van der Waals surface area contributed by atoms with E-state index in [9.17, 15) is 4.79 Å². The van der Waals surface area contributed by atoms with Crippen molar-refractivity contribution in [1.29, 1.82) is 0 Å². The molecule has 14 heavy (non-hydrogen) atoms. The average molecular weight is 299 g/mol. The molecule has 0 aliphatic carbocycles. The maximum absolute atomic E-state index is 11.4. The molecule has 0 spiro atoms. The van der Waals surface area contributed by atoms with Crippen molar-refractivity contribution in [1.82, 2.24) is 0 Å². The fourth-order valence-corrected chi connectivity index (χ4v) is 4.60. The molecule has 76 valence electrons. The van der Waals surface area contributed by atoms with E-state index in [4.69, 9.17) is 3.07 Å². The molecule has 2 nitrogen and oxygen atoms in total. The van der Waals surface area contributed by atoms with Crippen molar-refractivity contribution in [2.24, 2.45) is 0 Å². The summed E-state index contributed by atoms with van der Waals surface area (Å²) in [5.41, 5.74) is 0.681. The van der Waals surface area contributed by atoms with E-state index in [1.54, 1.807) is 12.1 Å². The summed E-state index contributed by atoms with van der Waals surface area (Å²) >= 11 is -1.24. The third-order valence-electron chi connectivity index (χ3n) is 1.99. The van der Waals surface area contributed by atoms with Gasteiger partial charge in [-0.3, -0.25) is 0 Å². The Kier molecular flexibility index (Phi) is 5.67. The summed E-state index contributed by atoms with van der Waals surface area (Å²) in [7, 11) is 0. The van der Waals surface area contributed by atoms with Gasteiger partial charge >= 0.3 is 95.5 Å². The normalized spacial score (nSPS) is 10.6. The Hall–Kier alpha value is -0.511. The van der Waals surface area contributed by atoms with Crippen LogP contribution in [-0.2, 0) is 3.07 Å². The molecule has 1 rings (SSSR count). The summed E-state index contributed by atoms with van der Waals surface area (Å²) in [6, 6.07) is 9.22. The van der Waals surface area contributed by atoms with Crippen molar-refractivity contribution in [2.75, 3.05) is 0 Å². The summed E-state index contributed by atoms with van der Waals surface area (Å²) in [6.07, 6.45) is 2.40. The molecular formula is C11H16O2Sn. The number of benzene rings is 1. The van der Waals surface area contributed by atoms with E-state index in [2.05, 4.69) is 6.92 Å². The number of hydrogen-bond acceptors (Lipinski definition) is 2. The second-order valence-corrected chi connectivity index (χ2v) is 7.22. The van der Waals surface area contributed by atoms with Gasteiger partial charge in [-0.1, -0.05) is 0 Å². The van der Waals surface area contributed by atoms with Crippen LogP contribution in [0.3, 0.4) is 0 Å². The van der Waals surface area contributed by atoms with Gasteiger partial charge in [0.05, 0.1) is 0 Å². The zero-order chi connectivity index (χ0) is 10.2. The van der Waals surface area contributed by atoms with E-state index >= 15 is 0 Å². The van der Waals surface area contributed by atoms with E-state index in [-0.39, 0.29) is 5.97 Å². The Morgan fingerprint density at radius 1 is 1.36 bits per heavy atom. The van der Waals surface area contributed by atoms with Crippen LogP contribution in [0.2, 0.25) is 4.44 Å². The molecular weight excluding hydrogens is 283 g/mol. The predicted molar refractivity (Wildman–Crippen MR) is 60.1 cm³/mol. The Bertz CT molecular complexity index is 272. The quantitative estimate of drug-likeness (QED) is 0.615. The van der Waals surface area contributed by atoms with Crippen LogP contribution < -0.4 is 0 Å². The molecule has 1 aromatic rings. The molecule has 0 amide bonds. The topological polar surface area (TPSA) is 26.3 Å².